The Bertz CT molecular complexity index is 1230. The van der Waals surface area contributed by atoms with Gasteiger partial charge in [-0.25, -0.2) is 0 Å². The topological polar surface area (TPSA) is 95.9 Å². The number of hydrogen-bond acceptors (Lipinski definition) is 5. The highest BCUT2D eigenvalue weighted by atomic mass is 16.5. The van der Waals surface area contributed by atoms with Gasteiger partial charge in [-0.1, -0.05) is 366 Å². The summed E-state index contributed by atoms with van der Waals surface area (Å²) in [6, 6.07) is -0.625. The molecule has 6 nitrogen and oxygen atoms in total. The molecule has 0 heterocycles. The van der Waals surface area contributed by atoms with Crippen molar-refractivity contribution in [2.24, 2.45) is 0 Å². The van der Waals surface area contributed by atoms with E-state index in [-0.39, 0.29) is 18.5 Å². The molecule has 0 aliphatic rings. The number of hydrogen-bond donors (Lipinski definition) is 3. The summed E-state index contributed by atoms with van der Waals surface area (Å²) in [7, 11) is 0. The quantitative estimate of drug-likeness (QED) is 0.0320. The summed E-state index contributed by atoms with van der Waals surface area (Å²) in [6.45, 7) is 4.91. The van der Waals surface area contributed by atoms with Crippen molar-refractivity contribution in [1.29, 1.82) is 0 Å². The maximum Gasteiger partial charge on any atom is 0.305 e. The number of ether oxygens (including phenoxy) is 1. The minimum absolute atomic E-state index is 0.0103. The minimum Gasteiger partial charge on any atom is -0.466 e. The number of nitrogens with one attached hydrogen (secondary N) is 1. The Morgan fingerprint density at radius 1 is 0.342 bits per heavy atom. The molecule has 0 bridgehead atoms. The molecule has 0 spiro atoms. The van der Waals surface area contributed by atoms with Crippen molar-refractivity contribution in [1.82, 2.24) is 5.32 Å². The number of rotatable bonds is 68. The first-order valence-electron chi connectivity index (χ1n) is 36.1. The molecule has 2 atom stereocenters. The molecule has 2 unspecified atom stereocenters. The smallest absolute Gasteiger partial charge is 0.305 e. The molecule has 0 aromatic heterocycles. The summed E-state index contributed by atoms with van der Waals surface area (Å²) in [5.74, 6) is -0.0492. The van der Waals surface area contributed by atoms with Crippen LogP contribution in [0.1, 0.15) is 406 Å². The normalized spacial score (nSPS) is 12.6. The maximum atomic E-state index is 12.5. The van der Waals surface area contributed by atoms with Crippen LogP contribution in [0.5, 0.6) is 0 Å². The SMILES string of the molecule is CCCC/C=C\CCCCCCCC(=O)OCCCCCCCCCCCCCCCCCCCCCCCCCCCCCCCCCCC(=O)NC(CO)C(O)/C=C/CCCCCCCCCCCCCCCCCCC. The van der Waals surface area contributed by atoms with Crippen molar-refractivity contribution in [3.05, 3.63) is 24.3 Å². The third kappa shape index (κ3) is 65.4. The first-order valence-corrected chi connectivity index (χ1v) is 36.1. The summed E-state index contributed by atoms with van der Waals surface area (Å²) in [5, 5.41) is 23.2. The molecule has 6 heteroatoms. The van der Waals surface area contributed by atoms with Crippen molar-refractivity contribution < 1.29 is 24.5 Å². The van der Waals surface area contributed by atoms with E-state index < -0.39 is 12.1 Å². The summed E-state index contributed by atoms with van der Waals surface area (Å²) in [6.07, 6.45) is 87.0. The molecule has 1 amide bonds. The number of aliphatic hydroxyl groups is 2. The van der Waals surface area contributed by atoms with Gasteiger partial charge in [-0.2, -0.15) is 0 Å². The lowest BCUT2D eigenvalue weighted by Crippen LogP contribution is -2.45. The average molecular weight is 1110 g/mol. The Hall–Kier alpha value is -1.66. The number of unbranched alkanes of at least 4 members (excludes halogenated alkanes) is 55. The molecule has 0 radical (unpaired) electrons. The fraction of sp³-hybridized carbons (Fsp3) is 0.918. The molecule has 0 aliphatic heterocycles. The van der Waals surface area contributed by atoms with Gasteiger partial charge in [-0.15, -0.1) is 0 Å². The fourth-order valence-corrected chi connectivity index (χ4v) is 11.4. The monoisotopic (exact) mass is 1110 g/mol. The van der Waals surface area contributed by atoms with E-state index in [0.29, 0.717) is 19.4 Å². The van der Waals surface area contributed by atoms with E-state index in [1.165, 1.54) is 334 Å². The van der Waals surface area contributed by atoms with E-state index >= 15 is 0 Å². The van der Waals surface area contributed by atoms with E-state index in [9.17, 15) is 19.8 Å². The van der Waals surface area contributed by atoms with Crippen LogP contribution in [-0.2, 0) is 14.3 Å². The Morgan fingerprint density at radius 2 is 0.608 bits per heavy atom. The van der Waals surface area contributed by atoms with E-state index in [4.69, 9.17) is 4.74 Å². The van der Waals surface area contributed by atoms with Crippen LogP contribution >= 0.6 is 0 Å². The van der Waals surface area contributed by atoms with E-state index in [1.54, 1.807) is 6.08 Å². The van der Waals surface area contributed by atoms with Gasteiger partial charge in [-0.05, 0) is 51.4 Å². The molecule has 0 rings (SSSR count). The molecule has 3 N–H and O–H groups in total. The number of aliphatic hydroxyl groups excluding tert-OH is 2. The zero-order valence-corrected chi connectivity index (χ0v) is 53.6. The van der Waals surface area contributed by atoms with Crippen LogP contribution < -0.4 is 5.32 Å². The third-order valence-corrected chi connectivity index (χ3v) is 17.0. The molecule has 0 aromatic rings. The molecular weight excluding hydrogens is 971 g/mol. The van der Waals surface area contributed by atoms with Gasteiger partial charge < -0.3 is 20.3 Å². The predicted molar refractivity (Wildman–Crippen MR) is 347 cm³/mol. The van der Waals surface area contributed by atoms with E-state index in [2.05, 4.69) is 31.3 Å². The largest absolute Gasteiger partial charge is 0.466 e. The Morgan fingerprint density at radius 3 is 0.937 bits per heavy atom. The number of esters is 1. The van der Waals surface area contributed by atoms with Crippen LogP contribution in [0.2, 0.25) is 0 Å². The summed E-state index contributed by atoms with van der Waals surface area (Å²) < 4.78 is 5.47. The zero-order chi connectivity index (χ0) is 57.1. The molecular formula is C73H141NO5. The second-order valence-corrected chi connectivity index (χ2v) is 24.9. The van der Waals surface area contributed by atoms with Crippen LogP contribution in [0.25, 0.3) is 0 Å². The first-order chi connectivity index (χ1) is 39.0. The van der Waals surface area contributed by atoms with Crippen molar-refractivity contribution in [3.63, 3.8) is 0 Å². The lowest BCUT2D eigenvalue weighted by atomic mass is 10.0. The average Bonchev–Trinajstić information content (AvgIpc) is 3.45. The molecule has 468 valence electrons. The molecule has 0 saturated heterocycles. The Labute approximate surface area is 494 Å². The van der Waals surface area contributed by atoms with E-state index in [0.717, 1.165) is 44.9 Å². The number of carbonyl (C=O) groups excluding carboxylic acids is 2. The standard InChI is InChI=1S/C73H141NO5/c1-3-5-7-9-11-13-15-16-17-18-33-36-39-42-46-49-53-57-61-65-71(76)70(69-75)74-72(77)66-62-58-54-50-47-43-40-37-34-31-29-27-25-23-21-19-20-22-24-26-28-30-32-35-38-41-44-48-52-56-60-64-68-79-73(78)67-63-59-55-51-45-14-12-10-8-6-4-2/h10,12,61,65,70-71,75-76H,3-9,11,13-60,62-64,66-69H2,1-2H3,(H,74,77)/b12-10-,65-61+. The van der Waals surface area contributed by atoms with Crippen LogP contribution in [0.3, 0.4) is 0 Å². The van der Waals surface area contributed by atoms with Crippen LogP contribution in [0.4, 0.5) is 0 Å². The molecule has 79 heavy (non-hydrogen) atoms. The van der Waals surface area contributed by atoms with Gasteiger partial charge in [0.15, 0.2) is 0 Å². The molecule has 0 saturated carbocycles. The number of amides is 1. The fourth-order valence-electron chi connectivity index (χ4n) is 11.4. The van der Waals surface area contributed by atoms with Gasteiger partial charge in [0.25, 0.3) is 0 Å². The van der Waals surface area contributed by atoms with Gasteiger partial charge in [0.1, 0.15) is 0 Å². The molecule has 0 fully saturated rings. The summed E-state index contributed by atoms with van der Waals surface area (Å²) in [4.78, 5) is 24.5. The molecule has 0 aromatic carbocycles. The number of carbonyl (C=O) groups is 2. The molecule has 0 aliphatic carbocycles. The second kappa shape index (κ2) is 68.8. The lowest BCUT2D eigenvalue weighted by molar-refractivity contribution is -0.143. The zero-order valence-electron chi connectivity index (χ0n) is 53.6. The Balaban J connectivity index is 3.35. The van der Waals surface area contributed by atoms with Gasteiger partial charge in [0.2, 0.25) is 5.91 Å². The van der Waals surface area contributed by atoms with Crippen molar-refractivity contribution in [2.45, 2.75) is 418 Å². The highest BCUT2D eigenvalue weighted by molar-refractivity contribution is 5.76. The van der Waals surface area contributed by atoms with Crippen molar-refractivity contribution >= 4 is 11.9 Å². The summed E-state index contributed by atoms with van der Waals surface area (Å²) >= 11 is 0. The van der Waals surface area contributed by atoms with E-state index in [1.807, 2.05) is 6.08 Å². The summed E-state index contributed by atoms with van der Waals surface area (Å²) in [5.41, 5.74) is 0. The van der Waals surface area contributed by atoms with Gasteiger partial charge >= 0.3 is 5.97 Å². The highest BCUT2D eigenvalue weighted by Crippen LogP contribution is 2.19. The van der Waals surface area contributed by atoms with Crippen molar-refractivity contribution in [3.8, 4) is 0 Å². The third-order valence-electron chi connectivity index (χ3n) is 17.0. The van der Waals surface area contributed by atoms with Gasteiger partial charge in [0.05, 0.1) is 25.4 Å². The van der Waals surface area contributed by atoms with Crippen LogP contribution in [0.15, 0.2) is 24.3 Å². The number of allylic oxidation sites excluding steroid dienone is 3. The van der Waals surface area contributed by atoms with Gasteiger partial charge in [0, 0.05) is 12.8 Å². The predicted octanol–water partition coefficient (Wildman–Crippen LogP) is 23.3. The highest BCUT2D eigenvalue weighted by Gasteiger charge is 2.18. The lowest BCUT2D eigenvalue weighted by Gasteiger charge is -2.20. The second-order valence-electron chi connectivity index (χ2n) is 24.9. The Kier molecular flexibility index (Phi) is 67.4. The first kappa shape index (κ1) is 77.3. The maximum absolute atomic E-state index is 12.5. The van der Waals surface area contributed by atoms with Crippen LogP contribution in [-0.4, -0.2) is 47.4 Å². The van der Waals surface area contributed by atoms with Crippen molar-refractivity contribution in [2.75, 3.05) is 13.2 Å². The van der Waals surface area contributed by atoms with Gasteiger partial charge in [-0.3, -0.25) is 9.59 Å². The minimum atomic E-state index is -0.841. The van der Waals surface area contributed by atoms with Crippen LogP contribution in [0, 0.1) is 0 Å².